The fraction of sp³-hybridized carbons (Fsp3) is 0.727. The Morgan fingerprint density at radius 3 is 2.64 bits per heavy atom. The maximum atomic E-state index is 10.5. The lowest BCUT2D eigenvalue weighted by molar-refractivity contribution is -0.111. The minimum atomic E-state index is 0.175. The summed E-state index contributed by atoms with van der Waals surface area (Å²) >= 11 is 0. The van der Waals surface area contributed by atoms with Crippen molar-refractivity contribution >= 4 is 6.29 Å². The molecule has 0 aliphatic heterocycles. The third kappa shape index (κ3) is 7.80. The molecule has 0 bridgehead atoms. The summed E-state index contributed by atoms with van der Waals surface area (Å²) in [4.78, 5) is 10.5. The Labute approximate surface area is 86.1 Å². The molecule has 0 N–H and O–H groups in total. The van der Waals surface area contributed by atoms with E-state index in [1.165, 1.54) is 0 Å². The maximum absolute atomic E-state index is 10.5. The van der Waals surface area contributed by atoms with Crippen LogP contribution < -0.4 is 0 Å². The van der Waals surface area contributed by atoms with Crippen LogP contribution in [0.3, 0.4) is 0 Å². The van der Waals surface area contributed by atoms with E-state index >= 15 is 0 Å². The summed E-state index contributed by atoms with van der Waals surface area (Å²) in [5, 5.41) is 0. The predicted molar refractivity (Wildman–Crippen MR) is 55.9 cm³/mol. The minimum absolute atomic E-state index is 0.175. The summed E-state index contributed by atoms with van der Waals surface area (Å²) < 4.78 is 10.3. The highest BCUT2D eigenvalue weighted by atomic mass is 16.7. The van der Waals surface area contributed by atoms with Gasteiger partial charge in [0.15, 0.2) is 18.8 Å². The van der Waals surface area contributed by atoms with Crippen molar-refractivity contribution in [2.75, 3.05) is 13.4 Å². The lowest BCUT2D eigenvalue weighted by Gasteiger charge is -2.05. The van der Waals surface area contributed by atoms with Gasteiger partial charge in [-0.15, -0.1) is 0 Å². The first-order chi connectivity index (χ1) is 6.85. The van der Waals surface area contributed by atoms with Crippen LogP contribution in [0.5, 0.6) is 0 Å². The van der Waals surface area contributed by atoms with Gasteiger partial charge in [-0.25, -0.2) is 0 Å². The summed E-state index contributed by atoms with van der Waals surface area (Å²) in [6.45, 7) is 5.02. The van der Waals surface area contributed by atoms with Crippen LogP contribution >= 0.6 is 0 Å². The largest absolute Gasteiger partial charge is 0.464 e. The highest BCUT2D eigenvalue weighted by Crippen LogP contribution is 1.99. The smallest absolute Gasteiger partial charge is 0.189 e. The van der Waals surface area contributed by atoms with Crippen molar-refractivity contribution in [3.63, 3.8) is 0 Å². The van der Waals surface area contributed by atoms with E-state index in [-0.39, 0.29) is 6.79 Å². The Bertz CT molecular complexity index is 164. The molecular weight excluding hydrogens is 180 g/mol. The Kier molecular flexibility index (Phi) is 9.64. The van der Waals surface area contributed by atoms with Gasteiger partial charge < -0.3 is 9.47 Å². The number of rotatable bonds is 9. The van der Waals surface area contributed by atoms with Gasteiger partial charge >= 0.3 is 0 Å². The third-order valence-corrected chi connectivity index (χ3v) is 1.70. The molecule has 0 aromatic carbocycles. The third-order valence-electron chi connectivity index (χ3n) is 1.70. The van der Waals surface area contributed by atoms with Crippen LogP contribution in [0.25, 0.3) is 0 Å². The standard InChI is InChI=1S/C11H20O3/c1-3-5-7-11(9-12)14-10-13-8-6-4-2/h7,9H,3-6,8,10H2,1-2H3/b11-7+. The zero-order chi connectivity index (χ0) is 10.6. The Morgan fingerprint density at radius 2 is 2.07 bits per heavy atom. The number of aldehydes is 1. The van der Waals surface area contributed by atoms with Crippen LogP contribution in [-0.4, -0.2) is 19.7 Å². The van der Waals surface area contributed by atoms with Crippen LogP contribution in [0.4, 0.5) is 0 Å². The number of hydrogen-bond donors (Lipinski definition) is 0. The normalized spacial score (nSPS) is 11.4. The maximum Gasteiger partial charge on any atom is 0.189 e. The van der Waals surface area contributed by atoms with Gasteiger partial charge in [-0.1, -0.05) is 26.7 Å². The number of unbranched alkanes of at least 4 members (excludes halogenated alkanes) is 2. The van der Waals surface area contributed by atoms with Gasteiger partial charge in [-0.05, 0) is 18.9 Å². The lowest BCUT2D eigenvalue weighted by atomic mass is 10.3. The molecule has 0 unspecified atom stereocenters. The van der Waals surface area contributed by atoms with Crippen molar-refractivity contribution in [1.82, 2.24) is 0 Å². The van der Waals surface area contributed by atoms with Gasteiger partial charge in [0.2, 0.25) is 0 Å². The molecule has 0 fully saturated rings. The first-order valence-electron chi connectivity index (χ1n) is 5.21. The van der Waals surface area contributed by atoms with Gasteiger partial charge in [-0.2, -0.15) is 0 Å². The number of carbonyl (C=O) groups is 1. The average molecular weight is 200 g/mol. The van der Waals surface area contributed by atoms with E-state index in [0.29, 0.717) is 12.4 Å². The quantitative estimate of drug-likeness (QED) is 0.189. The average Bonchev–Trinajstić information content (AvgIpc) is 2.22. The van der Waals surface area contributed by atoms with E-state index in [4.69, 9.17) is 9.47 Å². The number of ether oxygens (including phenoxy) is 2. The van der Waals surface area contributed by atoms with Gasteiger partial charge in [0, 0.05) is 0 Å². The van der Waals surface area contributed by atoms with Crippen molar-refractivity contribution in [1.29, 1.82) is 0 Å². The molecule has 0 saturated carbocycles. The van der Waals surface area contributed by atoms with Crippen LogP contribution in [-0.2, 0) is 14.3 Å². The fourth-order valence-corrected chi connectivity index (χ4v) is 0.843. The molecule has 0 aromatic rings. The highest BCUT2D eigenvalue weighted by molar-refractivity contribution is 5.69. The molecule has 3 heteroatoms. The zero-order valence-corrected chi connectivity index (χ0v) is 9.12. The van der Waals surface area contributed by atoms with Gasteiger partial charge in [0.1, 0.15) is 0 Å². The van der Waals surface area contributed by atoms with Gasteiger partial charge in [0.25, 0.3) is 0 Å². The molecule has 3 nitrogen and oxygen atoms in total. The van der Waals surface area contributed by atoms with E-state index < -0.39 is 0 Å². The zero-order valence-electron chi connectivity index (χ0n) is 9.12. The van der Waals surface area contributed by atoms with Crippen molar-refractivity contribution in [3.05, 3.63) is 11.8 Å². The fourth-order valence-electron chi connectivity index (χ4n) is 0.843. The Balaban J connectivity index is 3.47. The Morgan fingerprint density at radius 1 is 1.29 bits per heavy atom. The molecule has 0 amide bonds. The predicted octanol–water partition coefficient (Wildman–Crippen LogP) is 2.66. The van der Waals surface area contributed by atoms with Crippen LogP contribution in [0.15, 0.2) is 11.8 Å². The lowest BCUT2D eigenvalue weighted by Crippen LogP contribution is -2.02. The van der Waals surface area contributed by atoms with Gasteiger partial charge in [0.05, 0.1) is 6.61 Å². The molecule has 0 rings (SSSR count). The van der Waals surface area contributed by atoms with Crippen LogP contribution in [0.2, 0.25) is 0 Å². The summed E-state index contributed by atoms with van der Waals surface area (Å²) in [7, 11) is 0. The van der Waals surface area contributed by atoms with Crippen molar-refractivity contribution in [2.45, 2.75) is 39.5 Å². The monoisotopic (exact) mass is 200 g/mol. The van der Waals surface area contributed by atoms with Crippen molar-refractivity contribution in [2.24, 2.45) is 0 Å². The van der Waals surface area contributed by atoms with Gasteiger partial charge in [-0.3, -0.25) is 4.79 Å². The first kappa shape index (κ1) is 13.2. The molecular formula is C11H20O3. The van der Waals surface area contributed by atoms with Crippen LogP contribution in [0.1, 0.15) is 39.5 Å². The molecule has 0 aromatic heterocycles. The molecule has 0 atom stereocenters. The minimum Gasteiger partial charge on any atom is -0.464 e. The number of carbonyl (C=O) groups excluding carboxylic acids is 1. The second-order valence-corrected chi connectivity index (χ2v) is 3.04. The van der Waals surface area contributed by atoms with Crippen LogP contribution in [0, 0.1) is 0 Å². The van der Waals surface area contributed by atoms with E-state index in [1.807, 2.05) is 0 Å². The van der Waals surface area contributed by atoms with E-state index in [9.17, 15) is 4.79 Å². The van der Waals surface area contributed by atoms with E-state index in [0.717, 1.165) is 32.0 Å². The first-order valence-corrected chi connectivity index (χ1v) is 5.21. The molecule has 82 valence electrons. The second kappa shape index (κ2) is 10.3. The molecule has 0 heterocycles. The summed E-state index contributed by atoms with van der Waals surface area (Å²) in [6.07, 6.45) is 6.51. The number of allylic oxidation sites excluding steroid dienone is 2. The molecule has 0 radical (unpaired) electrons. The number of hydrogen-bond acceptors (Lipinski definition) is 3. The van der Waals surface area contributed by atoms with Crippen molar-refractivity contribution in [3.8, 4) is 0 Å². The van der Waals surface area contributed by atoms with E-state index in [2.05, 4.69) is 13.8 Å². The SMILES string of the molecule is CCC/C=C(\C=O)OCOCCCC. The highest BCUT2D eigenvalue weighted by Gasteiger charge is 1.94. The summed E-state index contributed by atoms with van der Waals surface area (Å²) in [5.74, 6) is 0.378. The molecule has 0 aliphatic carbocycles. The molecule has 0 spiro atoms. The molecule has 0 saturated heterocycles. The molecule has 0 aliphatic rings. The van der Waals surface area contributed by atoms with E-state index in [1.54, 1.807) is 6.08 Å². The topological polar surface area (TPSA) is 35.5 Å². The molecule has 14 heavy (non-hydrogen) atoms. The summed E-state index contributed by atoms with van der Waals surface area (Å²) in [6, 6.07) is 0. The second-order valence-electron chi connectivity index (χ2n) is 3.04. The van der Waals surface area contributed by atoms with Crippen molar-refractivity contribution < 1.29 is 14.3 Å². The summed E-state index contributed by atoms with van der Waals surface area (Å²) in [5.41, 5.74) is 0. The Hall–Kier alpha value is -0.830.